The highest BCUT2D eigenvalue weighted by atomic mass is 16.6. The van der Waals surface area contributed by atoms with Crippen molar-refractivity contribution < 1.29 is 29.0 Å². The Labute approximate surface area is 103 Å². The summed E-state index contributed by atoms with van der Waals surface area (Å²) >= 11 is 0. The number of nitrogens with zero attached hydrogens (tertiary/aromatic N) is 1. The van der Waals surface area contributed by atoms with Crippen molar-refractivity contribution in [1.82, 2.24) is 4.90 Å². The zero-order valence-corrected chi connectivity index (χ0v) is 9.57. The molecule has 0 bridgehead atoms. The lowest BCUT2D eigenvalue weighted by atomic mass is 10.2. The fourth-order valence-corrected chi connectivity index (χ4v) is 1.90. The van der Waals surface area contributed by atoms with Crippen LogP contribution >= 0.6 is 0 Å². The number of carbonyl (C=O) groups is 3. The monoisotopic (exact) mass is 258 g/mol. The smallest absolute Gasteiger partial charge is 0.323 e. The van der Waals surface area contributed by atoms with Gasteiger partial charge in [0, 0.05) is 0 Å². The first-order valence-corrected chi connectivity index (χ1v) is 5.56. The molecular weight excluding hydrogens is 244 g/mol. The summed E-state index contributed by atoms with van der Waals surface area (Å²) in [5.41, 5.74) is 5.33. The number of hydrogen-bond donors (Lipinski definition) is 2. The van der Waals surface area contributed by atoms with Crippen molar-refractivity contribution in [1.29, 1.82) is 0 Å². The number of fused-ring (bicyclic) bond motifs is 1. The van der Waals surface area contributed by atoms with Crippen LogP contribution in [0.3, 0.4) is 0 Å². The second-order valence-electron chi connectivity index (χ2n) is 4.30. The maximum atomic E-state index is 11.3. The predicted molar refractivity (Wildman–Crippen MR) is 56.2 cm³/mol. The van der Waals surface area contributed by atoms with E-state index < -0.39 is 24.4 Å². The summed E-state index contributed by atoms with van der Waals surface area (Å²) in [5.74, 6) is -1.91. The summed E-state index contributed by atoms with van der Waals surface area (Å²) < 4.78 is 10.3. The van der Waals surface area contributed by atoms with Crippen LogP contribution in [0.5, 0.6) is 0 Å². The van der Waals surface area contributed by atoms with Crippen LogP contribution in [0.4, 0.5) is 0 Å². The lowest BCUT2D eigenvalue weighted by Crippen LogP contribution is -2.48. The molecule has 0 aromatic carbocycles. The highest BCUT2D eigenvalue weighted by Gasteiger charge is 2.45. The predicted octanol–water partition coefficient (Wildman–Crippen LogP) is -1.71. The van der Waals surface area contributed by atoms with Gasteiger partial charge in [0.15, 0.2) is 0 Å². The van der Waals surface area contributed by atoms with E-state index in [1.807, 2.05) is 0 Å². The fourth-order valence-electron chi connectivity index (χ4n) is 1.90. The Morgan fingerprint density at radius 2 is 2.33 bits per heavy atom. The number of esters is 1. The number of aliphatic carboxylic acids is 1. The molecule has 0 saturated carbocycles. The van der Waals surface area contributed by atoms with Crippen LogP contribution in [0.1, 0.15) is 12.8 Å². The summed E-state index contributed by atoms with van der Waals surface area (Å²) in [6.45, 7) is 0.372. The van der Waals surface area contributed by atoms with Crippen LogP contribution in [0.15, 0.2) is 0 Å². The van der Waals surface area contributed by atoms with Crippen LogP contribution in [-0.2, 0) is 23.9 Å². The molecule has 2 fully saturated rings. The summed E-state index contributed by atoms with van der Waals surface area (Å²) in [6.07, 6.45) is -0.670. The van der Waals surface area contributed by atoms with E-state index in [0.717, 1.165) is 0 Å². The quantitative estimate of drug-likeness (QED) is 0.445. The third kappa shape index (κ3) is 2.59. The average molecular weight is 258 g/mol. The molecule has 2 heterocycles. The lowest BCUT2D eigenvalue weighted by Gasteiger charge is -2.31. The van der Waals surface area contributed by atoms with Crippen LogP contribution < -0.4 is 5.73 Å². The van der Waals surface area contributed by atoms with E-state index in [9.17, 15) is 14.4 Å². The normalized spacial score (nSPS) is 27.4. The SMILES string of the molecule is NC(CC(=O)O)C(=O)OCC1CN2C(=O)CC2O1. The van der Waals surface area contributed by atoms with Crippen LogP contribution in [0.25, 0.3) is 0 Å². The van der Waals surface area contributed by atoms with Gasteiger partial charge in [0.25, 0.3) is 0 Å². The van der Waals surface area contributed by atoms with Gasteiger partial charge >= 0.3 is 11.9 Å². The number of carboxylic acids is 1. The maximum absolute atomic E-state index is 11.3. The maximum Gasteiger partial charge on any atom is 0.323 e. The molecule has 2 rings (SSSR count). The van der Waals surface area contributed by atoms with Crippen molar-refractivity contribution in [2.45, 2.75) is 31.2 Å². The summed E-state index contributed by atoms with van der Waals surface area (Å²) in [7, 11) is 0. The third-order valence-electron chi connectivity index (χ3n) is 2.88. The van der Waals surface area contributed by atoms with E-state index in [2.05, 4.69) is 0 Å². The number of carbonyl (C=O) groups excluding carboxylic acids is 2. The molecule has 0 aliphatic carbocycles. The molecule has 100 valence electrons. The molecule has 18 heavy (non-hydrogen) atoms. The molecule has 0 radical (unpaired) electrons. The zero-order chi connectivity index (χ0) is 13.3. The molecule has 0 spiro atoms. The molecule has 0 aromatic heterocycles. The first-order valence-electron chi connectivity index (χ1n) is 5.56. The first kappa shape index (κ1) is 12.8. The zero-order valence-electron chi connectivity index (χ0n) is 9.57. The highest BCUT2D eigenvalue weighted by Crippen LogP contribution is 2.28. The molecule has 3 atom stereocenters. The van der Waals surface area contributed by atoms with Crippen molar-refractivity contribution in [2.75, 3.05) is 13.2 Å². The Hall–Kier alpha value is -1.67. The molecule has 2 aliphatic rings. The molecular formula is C10H14N2O6. The van der Waals surface area contributed by atoms with Crippen LogP contribution in [0, 0.1) is 0 Å². The molecule has 3 unspecified atom stereocenters. The highest BCUT2D eigenvalue weighted by molar-refractivity contribution is 5.83. The molecule has 8 heteroatoms. The van der Waals surface area contributed by atoms with Crippen LogP contribution in [-0.4, -0.2) is 59.4 Å². The molecule has 1 amide bonds. The van der Waals surface area contributed by atoms with Crippen molar-refractivity contribution >= 4 is 17.8 Å². The number of nitrogens with two attached hydrogens (primary N) is 1. The molecule has 8 nitrogen and oxygen atoms in total. The Morgan fingerprint density at radius 3 is 2.89 bits per heavy atom. The number of β-lactam (4-membered cyclic amide) rings is 1. The van der Waals surface area contributed by atoms with Gasteiger partial charge in [0.2, 0.25) is 5.91 Å². The minimum atomic E-state index is -1.18. The van der Waals surface area contributed by atoms with Gasteiger partial charge in [-0.05, 0) is 0 Å². The third-order valence-corrected chi connectivity index (χ3v) is 2.88. The molecule has 2 saturated heterocycles. The number of rotatable bonds is 5. The van der Waals surface area contributed by atoms with Crippen LogP contribution in [0.2, 0.25) is 0 Å². The van der Waals surface area contributed by atoms with E-state index in [1.54, 1.807) is 4.90 Å². The van der Waals surface area contributed by atoms with Gasteiger partial charge in [-0.3, -0.25) is 14.4 Å². The molecule has 3 N–H and O–H groups in total. The van der Waals surface area contributed by atoms with Crippen molar-refractivity contribution in [3.05, 3.63) is 0 Å². The minimum absolute atomic E-state index is 0.0214. The molecule has 0 aromatic rings. The van der Waals surface area contributed by atoms with Gasteiger partial charge in [-0.2, -0.15) is 0 Å². The van der Waals surface area contributed by atoms with E-state index in [4.69, 9.17) is 20.3 Å². The molecule has 2 aliphatic heterocycles. The van der Waals surface area contributed by atoms with Crippen molar-refractivity contribution in [3.63, 3.8) is 0 Å². The van der Waals surface area contributed by atoms with E-state index in [0.29, 0.717) is 13.0 Å². The van der Waals surface area contributed by atoms with E-state index in [1.165, 1.54) is 0 Å². The minimum Gasteiger partial charge on any atom is -0.481 e. The van der Waals surface area contributed by atoms with Crippen molar-refractivity contribution in [2.24, 2.45) is 5.73 Å². The van der Waals surface area contributed by atoms with Gasteiger partial charge in [-0.15, -0.1) is 0 Å². The standard InChI is InChI=1S/C10H14N2O6/c11-6(1-9(14)15)10(16)17-4-5-3-12-7(13)2-8(12)18-5/h5-6,8H,1-4,11H2,(H,14,15). The largest absolute Gasteiger partial charge is 0.481 e. The van der Waals surface area contributed by atoms with Gasteiger partial charge in [0.05, 0.1) is 19.4 Å². The van der Waals surface area contributed by atoms with Gasteiger partial charge in [0.1, 0.15) is 25.0 Å². The first-order chi connectivity index (χ1) is 8.47. The topological polar surface area (TPSA) is 119 Å². The number of amides is 1. The van der Waals surface area contributed by atoms with E-state index in [-0.39, 0.29) is 24.8 Å². The Morgan fingerprint density at radius 1 is 1.61 bits per heavy atom. The van der Waals surface area contributed by atoms with Gasteiger partial charge in [-0.25, -0.2) is 0 Å². The Bertz CT molecular complexity index is 385. The lowest BCUT2D eigenvalue weighted by molar-refractivity contribution is -0.160. The van der Waals surface area contributed by atoms with Crippen molar-refractivity contribution in [3.8, 4) is 0 Å². The number of carboxylic acid groups (broad SMARTS) is 1. The number of hydrogen-bond acceptors (Lipinski definition) is 6. The second-order valence-corrected chi connectivity index (χ2v) is 4.30. The number of ether oxygens (including phenoxy) is 2. The van der Waals surface area contributed by atoms with Gasteiger partial charge in [-0.1, -0.05) is 0 Å². The second kappa shape index (κ2) is 4.91. The fraction of sp³-hybridized carbons (Fsp3) is 0.700. The van der Waals surface area contributed by atoms with E-state index >= 15 is 0 Å². The summed E-state index contributed by atoms with van der Waals surface area (Å²) in [4.78, 5) is 34.3. The summed E-state index contributed by atoms with van der Waals surface area (Å²) in [6, 6.07) is -1.18. The summed E-state index contributed by atoms with van der Waals surface area (Å²) in [5, 5.41) is 8.46. The van der Waals surface area contributed by atoms with Gasteiger partial charge < -0.3 is 25.2 Å². The average Bonchev–Trinajstić information content (AvgIpc) is 2.62. The Kier molecular flexibility index (Phi) is 3.48. The Balaban J connectivity index is 1.70.